The van der Waals surface area contributed by atoms with E-state index in [2.05, 4.69) is 16.0 Å². The van der Waals surface area contributed by atoms with Crippen molar-refractivity contribution >= 4 is 18.3 Å². The summed E-state index contributed by atoms with van der Waals surface area (Å²) in [6.45, 7) is 1.80. The van der Waals surface area contributed by atoms with Gasteiger partial charge in [-0.2, -0.15) is 5.10 Å². The normalized spacial score (nSPS) is 12.3. The van der Waals surface area contributed by atoms with Gasteiger partial charge in [-0.3, -0.25) is 15.1 Å². The van der Waals surface area contributed by atoms with Crippen LogP contribution in [0.4, 0.5) is 5.69 Å². The smallest absolute Gasteiger partial charge is 0.227 e. The Morgan fingerprint density at radius 1 is 1.40 bits per heavy atom. The number of rotatable bonds is 6. The van der Waals surface area contributed by atoms with Gasteiger partial charge in [0.2, 0.25) is 6.41 Å². The number of hydrogen-bond acceptors (Lipinski definition) is 4. The van der Waals surface area contributed by atoms with E-state index in [1.54, 1.807) is 6.92 Å². The molecule has 1 aromatic rings. The molecule has 0 aliphatic heterocycles. The van der Waals surface area contributed by atoms with Crippen molar-refractivity contribution in [2.24, 2.45) is 5.10 Å². The molecular weight excluding hydrogens is 194 g/mol. The molecule has 1 aromatic carbocycles. The molecule has 0 aliphatic carbocycles. The number of carbonyl (C=O) groups excluding carboxylic acids is 1. The van der Waals surface area contributed by atoms with Crippen LogP contribution in [-0.2, 0) is 9.63 Å². The summed E-state index contributed by atoms with van der Waals surface area (Å²) in [5.74, 6) is 0. The van der Waals surface area contributed by atoms with E-state index in [-0.39, 0.29) is 6.10 Å². The predicted molar refractivity (Wildman–Crippen MR) is 58.3 cm³/mol. The summed E-state index contributed by atoms with van der Waals surface area (Å²) in [6, 6.07) is 9.49. The Bertz CT molecular complexity index is 314. The first-order valence-electron chi connectivity index (χ1n) is 4.52. The maximum atomic E-state index is 9.88. The summed E-state index contributed by atoms with van der Waals surface area (Å²) < 4.78 is 0. The molecule has 5 nitrogen and oxygen atoms in total. The van der Waals surface area contributed by atoms with E-state index in [0.717, 1.165) is 5.69 Å². The third-order valence-electron chi connectivity index (χ3n) is 1.55. The zero-order valence-corrected chi connectivity index (χ0v) is 8.38. The SMILES string of the molecule is C[C@@H](C=NNC=O)ONc1ccccc1. The molecular formula is C10H13N3O2. The minimum Gasteiger partial charge on any atom is -0.277 e. The lowest BCUT2D eigenvalue weighted by Crippen LogP contribution is -2.16. The lowest BCUT2D eigenvalue weighted by Gasteiger charge is -2.09. The van der Waals surface area contributed by atoms with E-state index in [9.17, 15) is 4.79 Å². The maximum Gasteiger partial charge on any atom is 0.227 e. The van der Waals surface area contributed by atoms with Gasteiger partial charge in [0, 0.05) is 0 Å². The minimum atomic E-state index is -0.238. The van der Waals surface area contributed by atoms with Crippen molar-refractivity contribution in [3.05, 3.63) is 30.3 Å². The summed E-state index contributed by atoms with van der Waals surface area (Å²) >= 11 is 0. The molecule has 0 fully saturated rings. The topological polar surface area (TPSA) is 62.7 Å². The first kappa shape index (κ1) is 11.2. The van der Waals surface area contributed by atoms with Crippen LogP contribution in [0, 0.1) is 0 Å². The van der Waals surface area contributed by atoms with Crippen LogP contribution in [0.1, 0.15) is 6.92 Å². The molecule has 0 aromatic heterocycles. The van der Waals surface area contributed by atoms with E-state index in [0.29, 0.717) is 6.41 Å². The molecule has 80 valence electrons. The fourth-order valence-corrected chi connectivity index (χ4v) is 0.876. The minimum absolute atomic E-state index is 0.238. The molecule has 0 radical (unpaired) electrons. The largest absolute Gasteiger partial charge is 0.277 e. The van der Waals surface area contributed by atoms with Crippen molar-refractivity contribution in [1.82, 2.24) is 5.43 Å². The highest BCUT2D eigenvalue weighted by Gasteiger charge is 1.97. The van der Waals surface area contributed by atoms with Crippen molar-refractivity contribution < 1.29 is 9.63 Å². The first-order valence-corrected chi connectivity index (χ1v) is 4.52. The van der Waals surface area contributed by atoms with Crippen molar-refractivity contribution in [3.63, 3.8) is 0 Å². The molecule has 1 atom stereocenters. The van der Waals surface area contributed by atoms with Gasteiger partial charge in [-0.1, -0.05) is 18.2 Å². The Morgan fingerprint density at radius 2 is 2.13 bits per heavy atom. The quantitative estimate of drug-likeness (QED) is 0.418. The third kappa shape index (κ3) is 4.78. The molecule has 0 saturated heterocycles. The van der Waals surface area contributed by atoms with Crippen molar-refractivity contribution in [2.75, 3.05) is 5.48 Å². The van der Waals surface area contributed by atoms with E-state index >= 15 is 0 Å². The number of para-hydroxylation sites is 1. The molecule has 0 spiro atoms. The predicted octanol–water partition coefficient (Wildman–Crippen LogP) is 1.15. The summed E-state index contributed by atoms with van der Waals surface area (Å²) in [7, 11) is 0. The molecule has 15 heavy (non-hydrogen) atoms. The number of carbonyl (C=O) groups is 1. The Kier molecular flexibility index (Phi) is 4.89. The van der Waals surface area contributed by atoms with Crippen LogP contribution in [-0.4, -0.2) is 18.7 Å². The van der Waals surface area contributed by atoms with Crippen LogP contribution in [0.2, 0.25) is 0 Å². The molecule has 0 saturated carbocycles. The number of benzene rings is 1. The van der Waals surface area contributed by atoms with Crippen LogP contribution < -0.4 is 10.9 Å². The van der Waals surface area contributed by atoms with Gasteiger partial charge in [0.05, 0.1) is 11.9 Å². The molecule has 2 N–H and O–H groups in total. The van der Waals surface area contributed by atoms with Gasteiger partial charge in [0.1, 0.15) is 6.10 Å². The number of nitrogens with one attached hydrogen (secondary N) is 2. The van der Waals surface area contributed by atoms with Crippen LogP contribution in [0.5, 0.6) is 0 Å². The number of anilines is 1. The van der Waals surface area contributed by atoms with Crippen molar-refractivity contribution in [3.8, 4) is 0 Å². The highest BCUT2D eigenvalue weighted by Crippen LogP contribution is 2.05. The van der Waals surface area contributed by atoms with Crippen LogP contribution in [0.15, 0.2) is 35.4 Å². The van der Waals surface area contributed by atoms with Crippen molar-refractivity contribution in [1.29, 1.82) is 0 Å². The Hall–Kier alpha value is -1.88. The number of nitrogens with zero attached hydrogens (tertiary/aromatic N) is 1. The highest BCUT2D eigenvalue weighted by molar-refractivity contribution is 5.63. The van der Waals surface area contributed by atoms with Gasteiger partial charge in [-0.05, 0) is 19.1 Å². The first-order chi connectivity index (χ1) is 7.33. The lowest BCUT2D eigenvalue weighted by atomic mass is 10.3. The Morgan fingerprint density at radius 3 is 2.80 bits per heavy atom. The fraction of sp³-hybridized carbons (Fsp3) is 0.200. The van der Waals surface area contributed by atoms with Crippen LogP contribution >= 0.6 is 0 Å². The fourth-order valence-electron chi connectivity index (χ4n) is 0.876. The second kappa shape index (κ2) is 6.56. The second-order valence-electron chi connectivity index (χ2n) is 2.82. The molecule has 0 heterocycles. The van der Waals surface area contributed by atoms with Crippen LogP contribution in [0.3, 0.4) is 0 Å². The van der Waals surface area contributed by atoms with Gasteiger partial charge in [0.15, 0.2) is 0 Å². The standard InChI is InChI=1S/C10H13N3O2/c1-9(7-11-12-8-14)15-13-10-5-3-2-4-6-10/h2-9,13H,1H3,(H,12,14)/t9-/m0/s1. The van der Waals surface area contributed by atoms with E-state index < -0.39 is 0 Å². The van der Waals surface area contributed by atoms with Gasteiger partial charge < -0.3 is 0 Å². The van der Waals surface area contributed by atoms with E-state index in [1.165, 1.54) is 6.21 Å². The summed E-state index contributed by atoms with van der Waals surface area (Å²) in [4.78, 5) is 15.1. The zero-order valence-electron chi connectivity index (χ0n) is 8.38. The number of hydrazone groups is 1. The highest BCUT2D eigenvalue weighted by atomic mass is 16.7. The maximum absolute atomic E-state index is 9.88. The van der Waals surface area contributed by atoms with Gasteiger partial charge in [-0.15, -0.1) is 0 Å². The molecule has 1 rings (SSSR count). The number of hydrogen-bond donors (Lipinski definition) is 2. The lowest BCUT2D eigenvalue weighted by molar-refractivity contribution is -0.109. The summed E-state index contributed by atoms with van der Waals surface area (Å²) in [5, 5.41) is 3.59. The molecule has 1 amide bonds. The zero-order chi connectivity index (χ0) is 10.9. The average Bonchev–Trinajstić information content (AvgIpc) is 2.28. The molecule has 5 heteroatoms. The molecule has 0 aliphatic rings. The summed E-state index contributed by atoms with van der Waals surface area (Å²) in [6.07, 6.45) is 1.73. The van der Waals surface area contributed by atoms with Crippen LogP contribution in [0.25, 0.3) is 0 Å². The van der Waals surface area contributed by atoms with Crippen molar-refractivity contribution in [2.45, 2.75) is 13.0 Å². The Labute approximate surface area is 88.1 Å². The van der Waals surface area contributed by atoms with Gasteiger partial charge in [0.25, 0.3) is 0 Å². The van der Waals surface area contributed by atoms with Gasteiger partial charge >= 0.3 is 0 Å². The second-order valence-corrected chi connectivity index (χ2v) is 2.82. The van der Waals surface area contributed by atoms with E-state index in [1.807, 2.05) is 30.3 Å². The Balaban J connectivity index is 2.28. The average molecular weight is 207 g/mol. The molecule has 0 bridgehead atoms. The third-order valence-corrected chi connectivity index (χ3v) is 1.55. The summed E-state index contributed by atoms with van der Waals surface area (Å²) in [5.41, 5.74) is 5.78. The van der Waals surface area contributed by atoms with E-state index in [4.69, 9.17) is 4.84 Å². The monoisotopic (exact) mass is 207 g/mol. The molecule has 0 unspecified atom stereocenters. The number of amides is 1. The van der Waals surface area contributed by atoms with Gasteiger partial charge in [-0.25, -0.2) is 5.43 Å².